The van der Waals surface area contributed by atoms with E-state index in [0.717, 1.165) is 5.56 Å². The Bertz CT molecular complexity index is 481. The molecule has 0 radical (unpaired) electrons. The molecule has 0 saturated carbocycles. The van der Waals surface area contributed by atoms with Crippen LogP contribution >= 0.6 is 0 Å². The number of methoxy groups -OCH3 is 2. The Morgan fingerprint density at radius 1 is 1.20 bits per heavy atom. The molecule has 6 nitrogen and oxygen atoms in total. The topological polar surface area (TPSA) is 82.8 Å². The van der Waals surface area contributed by atoms with Crippen LogP contribution in [0.2, 0.25) is 0 Å². The van der Waals surface area contributed by atoms with Crippen LogP contribution in [0, 0.1) is 0 Å². The van der Waals surface area contributed by atoms with Gasteiger partial charge in [-0.1, -0.05) is 0 Å². The maximum absolute atomic E-state index is 11.8. The van der Waals surface area contributed by atoms with Crippen molar-refractivity contribution in [1.82, 2.24) is 0 Å². The van der Waals surface area contributed by atoms with Gasteiger partial charge in [0.05, 0.1) is 19.9 Å². The molecule has 0 unspecified atom stereocenters. The predicted molar refractivity (Wildman–Crippen MR) is 77.3 cm³/mol. The molecule has 1 aromatic rings. The van der Waals surface area contributed by atoms with Crippen LogP contribution in [0.25, 0.3) is 0 Å². The van der Waals surface area contributed by atoms with Gasteiger partial charge in [-0.15, -0.1) is 0 Å². The number of ether oxygens (including phenoxy) is 3. The summed E-state index contributed by atoms with van der Waals surface area (Å²) in [5.74, 6) is 1.07. The summed E-state index contributed by atoms with van der Waals surface area (Å²) >= 11 is 0. The van der Waals surface area contributed by atoms with Crippen LogP contribution in [0.4, 0.5) is 10.5 Å². The summed E-state index contributed by atoms with van der Waals surface area (Å²) in [4.78, 5) is 11.8. The zero-order chi connectivity index (χ0) is 15.3. The fourth-order valence-electron chi connectivity index (χ4n) is 1.62. The second-order valence-corrected chi connectivity index (χ2v) is 5.20. The first-order valence-corrected chi connectivity index (χ1v) is 6.25. The van der Waals surface area contributed by atoms with E-state index >= 15 is 0 Å². The molecule has 20 heavy (non-hydrogen) atoms. The summed E-state index contributed by atoms with van der Waals surface area (Å²) < 4.78 is 15.6. The third-order valence-corrected chi connectivity index (χ3v) is 2.46. The number of hydrogen-bond acceptors (Lipinski definition) is 5. The predicted octanol–water partition coefficient (Wildman–Crippen LogP) is 2.51. The normalized spacial score (nSPS) is 10.9. The van der Waals surface area contributed by atoms with E-state index in [0.29, 0.717) is 17.2 Å². The zero-order valence-electron chi connectivity index (χ0n) is 12.6. The Labute approximate surface area is 119 Å². The minimum Gasteiger partial charge on any atom is -0.493 e. The first-order chi connectivity index (χ1) is 9.30. The van der Waals surface area contributed by atoms with Gasteiger partial charge in [-0.2, -0.15) is 0 Å². The van der Waals surface area contributed by atoms with Gasteiger partial charge in [-0.3, -0.25) is 5.32 Å². The smallest absolute Gasteiger partial charge is 0.412 e. The maximum Gasteiger partial charge on any atom is 0.412 e. The molecule has 112 valence electrons. The molecule has 0 saturated heterocycles. The third kappa shape index (κ3) is 4.31. The van der Waals surface area contributed by atoms with Crippen LogP contribution in [0.15, 0.2) is 12.1 Å². The number of hydrogen-bond donors (Lipinski definition) is 2. The lowest BCUT2D eigenvalue weighted by Gasteiger charge is -2.21. The highest BCUT2D eigenvalue weighted by Crippen LogP contribution is 2.33. The van der Waals surface area contributed by atoms with Crippen molar-refractivity contribution in [2.75, 3.05) is 19.5 Å². The van der Waals surface area contributed by atoms with E-state index in [1.807, 2.05) is 0 Å². The Morgan fingerprint density at radius 3 is 2.20 bits per heavy atom. The van der Waals surface area contributed by atoms with Crippen molar-refractivity contribution in [1.29, 1.82) is 0 Å². The van der Waals surface area contributed by atoms with Crippen molar-refractivity contribution in [2.24, 2.45) is 5.73 Å². The van der Waals surface area contributed by atoms with Crippen molar-refractivity contribution in [2.45, 2.75) is 32.9 Å². The number of amides is 1. The van der Waals surface area contributed by atoms with Gasteiger partial charge < -0.3 is 19.9 Å². The molecule has 0 aliphatic carbocycles. The molecule has 0 bridgehead atoms. The van der Waals surface area contributed by atoms with E-state index in [4.69, 9.17) is 19.9 Å². The fraction of sp³-hybridized carbons (Fsp3) is 0.500. The van der Waals surface area contributed by atoms with Crippen LogP contribution in [0.1, 0.15) is 26.3 Å². The molecule has 0 aromatic heterocycles. The van der Waals surface area contributed by atoms with Crippen molar-refractivity contribution in [3.8, 4) is 11.5 Å². The van der Waals surface area contributed by atoms with Gasteiger partial charge >= 0.3 is 6.09 Å². The lowest BCUT2D eigenvalue weighted by Crippen LogP contribution is -2.27. The Morgan fingerprint density at radius 2 is 1.75 bits per heavy atom. The molecule has 6 heteroatoms. The van der Waals surface area contributed by atoms with Gasteiger partial charge in [0.2, 0.25) is 0 Å². The molecule has 0 atom stereocenters. The molecule has 0 aliphatic rings. The molecule has 0 aliphatic heterocycles. The molecular formula is C14H22N2O4. The molecular weight excluding hydrogens is 260 g/mol. The maximum atomic E-state index is 11.8. The summed E-state index contributed by atoms with van der Waals surface area (Å²) in [5, 5.41) is 2.67. The Kier molecular flexibility index (Phi) is 5.21. The number of benzene rings is 1. The second kappa shape index (κ2) is 6.47. The average Bonchev–Trinajstić information content (AvgIpc) is 2.35. The van der Waals surface area contributed by atoms with Gasteiger partial charge in [0.25, 0.3) is 0 Å². The minimum absolute atomic E-state index is 0.255. The number of nitrogens with one attached hydrogen (secondary N) is 1. The van der Waals surface area contributed by atoms with E-state index < -0.39 is 11.7 Å². The lowest BCUT2D eigenvalue weighted by atomic mass is 10.1. The zero-order valence-corrected chi connectivity index (χ0v) is 12.6. The SMILES string of the molecule is COc1cc(CN)c(NC(=O)OC(C)(C)C)cc1OC. The highest BCUT2D eigenvalue weighted by Gasteiger charge is 2.18. The minimum atomic E-state index is -0.566. The largest absolute Gasteiger partial charge is 0.493 e. The highest BCUT2D eigenvalue weighted by atomic mass is 16.6. The van der Waals surface area contributed by atoms with Crippen molar-refractivity contribution >= 4 is 11.8 Å². The van der Waals surface area contributed by atoms with Crippen molar-refractivity contribution in [3.05, 3.63) is 17.7 Å². The standard InChI is InChI=1S/C14H22N2O4/c1-14(2,3)20-13(17)16-10-7-12(19-5)11(18-4)6-9(10)8-15/h6-7H,8,15H2,1-5H3,(H,16,17). The van der Waals surface area contributed by atoms with E-state index in [-0.39, 0.29) is 6.54 Å². The summed E-state index contributed by atoms with van der Waals surface area (Å²) in [6, 6.07) is 3.39. The first kappa shape index (κ1) is 16.1. The van der Waals surface area contributed by atoms with E-state index in [1.165, 1.54) is 7.11 Å². The Hall–Kier alpha value is -1.95. The number of carbonyl (C=O) groups is 1. The van der Waals surface area contributed by atoms with Crippen LogP contribution < -0.4 is 20.5 Å². The van der Waals surface area contributed by atoms with Crippen LogP contribution in [0.3, 0.4) is 0 Å². The van der Waals surface area contributed by atoms with E-state index in [9.17, 15) is 4.79 Å². The van der Waals surface area contributed by atoms with E-state index in [2.05, 4.69) is 5.32 Å². The number of carbonyl (C=O) groups excluding carboxylic acids is 1. The van der Waals surface area contributed by atoms with Crippen LogP contribution in [-0.2, 0) is 11.3 Å². The average molecular weight is 282 g/mol. The molecule has 1 rings (SSSR count). The van der Waals surface area contributed by atoms with Crippen LogP contribution in [-0.4, -0.2) is 25.9 Å². The first-order valence-electron chi connectivity index (χ1n) is 6.25. The quantitative estimate of drug-likeness (QED) is 0.886. The summed E-state index contributed by atoms with van der Waals surface area (Å²) in [6.45, 7) is 5.65. The van der Waals surface area contributed by atoms with Crippen LogP contribution in [0.5, 0.6) is 11.5 Å². The molecule has 1 amide bonds. The third-order valence-electron chi connectivity index (χ3n) is 2.46. The number of nitrogens with two attached hydrogens (primary N) is 1. The molecule has 3 N–H and O–H groups in total. The summed E-state index contributed by atoms with van der Waals surface area (Å²) in [6.07, 6.45) is -0.542. The molecule has 0 spiro atoms. The summed E-state index contributed by atoms with van der Waals surface area (Å²) in [7, 11) is 3.07. The van der Waals surface area contributed by atoms with Gasteiger partial charge in [0.1, 0.15) is 5.60 Å². The van der Waals surface area contributed by atoms with E-state index in [1.54, 1.807) is 40.0 Å². The number of anilines is 1. The lowest BCUT2D eigenvalue weighted by molar-refractivity contribution is 0.0636. The van der Waals surface area contributed by atoms with Gasteiger partial charge in [-0.05, 0) is 32.4 Å². The fourth-order valence-corrected chi connectivity index (χ4v) is 1.62. The van der Waals surface area contributed by atoms with Crippen molar-refractivity contribution in [3.63, 3.8) is 0 Å². The molecule has 0 fully saturated rings. The molecule has 0 heterocycles. The summed E-state index contributed by atoms with van der Waals surface area (Å²) in [5.41, 5.74) is 6.39. The monoisotopic (exact) mass is 282 g/mol. The van der Waals surface area contributed by atoms with Gasteiger partial charge in [0, 0.05) is 12.6 Å². The molecule has 1 aromatic carbocycles. The number of rotatable bonds is 4. The Balaban J connectivity index is 3.02. The van der Waals surface area contributed by atoms with Crippen molar-refractivity contribution < 1.29 is 19.0 Å². The van der Waals surface area contributed by atoms with Gasteiger partial charge in [-0.25, -0.2) is 4.79 Å². The second-order valence-electron chi connectivity index (χ2n) is 5.20. The van der Waals surface area contributed by atoms with Gasteiger partial charge in [0.15, 0.2) is 11.5 Å². The highest BCUT2D eigenvalue weighted by molar-refractivity contribution is 5.86.